The quantitative estimate of drug-likeness (QED) is 0.873. The van der Waals surface area contributed by atoms with E-state index in [9.17, 15) is 8.78 Å². The monoisotopic (exact) mass is 313 g/mol. The molecule has 5 heteroatoms. The summed E-state index contributed by atoms with van der Waals surface area (Å²) in [5.74, 6) is -0.618. The predicted octanol–water partition coefficient (Wildman–Crippen LogP) is 3.89. The number of nitrogens with two attached hydrogens (primary N) is 1. The average Bonchev–Trinajstić information content (AvgIpc) is 2.32. The SMILES string of the molecule is Nc1ccc(OCc2ccc(Br)cc2F)cc1F. The molecule has 2 aromatic carbocycles. The lowest BCUT2D eigenvalue weighted by Gasteiger charge is -2.08. The Morgan fingerprint density at radius 2 is 1.83 bits per heavy atom. The third-order valence-electron chi connectivity index (χ3n) is 2.38. The Hall–Kier alpha value is -1.62. The maximum atomic E-state index is 13.5. The Bertz CT molecular complexity index is 575. The minimum atomic E-state index is -0.552. The van der Waals surface area contributed by atoms with E-state index in [0.717, 1.165) is 0 Å². The summed E-state index contributed by atoms with van der Waals surface area (Å²) >= 11 is 3.17. The van der Waals surface area contributed by atoms with Gasteiger partial charge in [0.05, 0.1) is 5.69 Å². The molecule has 0 heterocycles. The molecule has 0 spiro atoms. The van der Waals surface area contributed by atoms with Crippen molar-refractivity contribution in [3.05, 3.63) is 58.1 Å². The van der Waals surface area contributed by atoms with Crippen LogP contribution in [-0.2, 0) is 6.61 Å². The third kappa shape index (κ3) is 2.98. The highest BCUT2D eigenvalue weighted by Crippen LogP contribution is 2.21. The van der Waals surface area contributed by atoms with E-state index in [4.69, 9.17) is 10.5 Å². The molecule has 94 valence electrons. The van der Waals surface area contributed by atoms with Crippen LogP contribution in [0.25, 0.3) is 0 Å². The van der Waals surface area contributed by atoms with Crippen molar-refractivity contribution in [2.45, 2.75) is 6.61 Å². The fourth-order valence-corrected chi connectivity index (χ4v) is 1.73. The summed E-state index contributed by atoms with van der Waals surface area (Å²) in [5.41, 5.74) is 5.79. The van der Waals surface area contributed by atoms with E-state index in [1.54, 1.807) is 12.1 Å². The highest BCUT2D eigenvalue weighted by molar-refractivity contribution is 9.10. The van der Waals surface area contributed by atoms with Gasteiger partial charge in [0.2, 0.25) is 0 Å². The van der Waals surface area contributed by atoms with Crippen molar-refractivity contribution in [1.29, 1.82) is 0 Å². The maximum Gasteiger partial charge on any atom is 0.149 e. The summed E-state index contributed by atoms with van der Waals surface area (Å²) in [6, 6.07) is 8.78. The first-order valence-electron chi connectivity index (χ1n) is 5.18. The molecule has 0 aromatic heterocycles. The van der Waals surface area contributed by atoms with Crippen LogP contribution in [0.15, 0.2) is 40.9 Å². The number of hydrogen-bond acceptors (Lipinski definition) is 2. The summed E-state index contributed by atoms with van der Waals surface area (Å²) in [6.45, 7) is 0.0302. The fraction of sp³-hybridized carbons (Fsp3) is 0.0769. The van der Waals surface area contributed by atoms with Crippen molar-refractivity contribution in [1.82, 2.24) is 0 Å². The van der Waals surface area contributed by atoms with E-state index in [1.165, 1.54) is 24.3 Å². The van der Waals surface area contributed by atoms with Crippen LogP contribution < -0.4 is 10.5 Å². The summed E-state index contributed by atoms with van der Waals surface area (Å²) < 4.78 is 32.6. The smallest absolute Gasteiger partial charge is 0.149 e. The van der Waals surface area contributed by atoms with Crippen LogP contribution in [0.1, 0.15) is 5.56 Å². The van der Waals surface area contributed by atoms with Crippen molar-refractivity contribution in [3.8, 4) is 5.75 Å². The number of rotatable bonds is 3. The molecule has 0 atom stereocenters. The second-order valence-electron chi connectivity index (χ2n) is 3.71. The molecule has 2 rings (SSSR count). The molecule has 0 fully saturated rings. The van der Waals surface area contributed by atoms with Gasteiger partial charge in [-0.1, -0.05) is 22.0 Å². The number of anilines is 1. The molecule has 0 aliphatic heterocycles. The topological polar surface area (TPSA) is 35.2 Å². The van der Waals surface area contributed by atoms with Gasteiger partial charge < -0.3 is 10.5 Å². The normalized spacial score (nSPS) is 10.4. The molecular formula is C13H10BrF2NO. The number of halogens is 3. The molecule has 18 heavy (non-hydrogen) atoms. The van der Waals surface area contributed by atoms with Crippen molar-refractivity contribution in [2.24, 2.45) is 0 Å². The molecule has 0 aliphatic carbocycles. The van der Waals surface area contributed by atoms with E-state index in [-0.39, 0.29) is 18.1 Å². The Morgan fingerprint density at radius 3 is 2.50 bits per heavy atom. The van der Waals surface area contributed by atoms with Crippen LogP contribution in [0, 0.1) is 11.6 Å². The van der Waals surface area contributed by atoms with Gasteiger partial charge in [-0.3, -0.25) is 0 Å². The second-order valence-corrected chi connectivity index (χ2v) is 4.62. The first-order chi connectivity index (χ1) is 8.56. The molecule has 0 saturated heterocycles. The van der Waals surface area contributed by atoms with Crippen molar-refractivity contribution in [3.63, 3.8) is 0 Å². The lowest BCUT2D eigenvalue weighted by Crippen LogP contribution is -1.99. The van der Waals surface area contributed by atoms with Gasteiger partial charge in [0.15, 0.2) is 0 Å². The minimum Gasteiger partial charge on any atom is -0.489 e. The first-order valence-corrected chi connectivity index (χ1v) is 5.97. The van der Waals surface area contributed by atoms with Gasteiger partial charge in [-0.25, -0.2) is 8.78 Å². The minimum absolute atomic E-state index is 0.0302. The van der Waals surface area contributed by atoms with Gasteiger partial charge in [0, 0.05) is 16.1 Å². The van der Waals surface area contributed by atoms with Crippen molar-refractivity contribution in [2.75, 3.05) is 5.73 Å². The average molecular weight is 314 g/mol. The number of ether oxygens (including phenoxy) is 1. The van der Waals surface area contributed by atoms with E-state index in [1.807, 2.05) is 0 Å². The zero-order valence-corrected chi connectivity index (χ0v) is 10.9. The van der Waals surface area contributed by atoms with Crippen LogP contribution in [0.3, 0.4) is 0 Å². The largest absolute Gasteiger partial charge is 0.489 e. The van der Waals surface area contributed by atoms with Crippen LogP contribution >= 0.6 is 15.9 Å². The Kier molecular flexibility index (Phi) is 3.81. The van der Waals surface area contributed by atoms with Crippen LogP contribution in [0.5, 0.6) is 5.75 Å². The summed E-state index contributed by atoms with van der Waals surface area (Å²) in [5, 5.41) is 0. The molecule has 0 aliphatic rings. The lowest BCUT2D eigenvalue weighted by molar-refractivity contribution is 0.298. The van der Waals surface area contributed by atoms with Gasteiger partial charge >= 0.3 is 0 Å². The molecule has 0 unspecified atom stereocenters. The van der Waals surface area contributed by atoms with Gasteiger partial charge in [0.1, 0.15) is 24.0 Å². The molecule has 0 amide bonds. The molecule has 2 nitrogen and oxygen atoms in total. The molecule has 2 N–H and O–H groups in total. The Balaban J connectivity index is 2.09. The van der Waals surface area contributed by atoms with Gasteiger partial charge in [-0.2, -0.15) is 0 Å². The summed E-state index contributed by atoms with van der Waals surface area (Å²) in [6.07, 6.45) is 0. The van der Waals surface area contributed by atoms with E-state index in [0.29, 0.717) is 15.8 Å². The molecule has 0 saturated carbocycles. The maximum absolute atomic E-state index is 13.5. The van der Waals surface area contributed by atoms with Crippen LogP contribution in [0.4, 0.5) is 14.5 Å². The van der Waals surface area contributed by atoms with Crippen LogP contribution in [0.2, 0.25) is 0 Å². The van der Waals surface area contributed by atoms with E-state index in [2.05, 4.69) is 15.9 Å². The zero-order chi connectivity index (χ0) is 13.1. The Labute approximate surface area is 112 Å². The van der Waals surface area contributed by atoms with E-state index >= 15 is 0 Å². The van der Waals surface area contributed by atoms with Gasteiger partial charge in [0.25, 0.3) is 0 Å². The summed E-state index contributed by atoms with van der Waals surface area (Å²) in [4.78, 5) is 0. The third-order valence-corrected chi connectivity index (χ3v) is 2.87. The van der Waals surface area contributed by atoms with Crippen molar-refractivity contribution < 1.29 is 13.5 Å². The molecule has 2 aromatic rings. The molecule has 0 bridgehead atoms. The highest BCUT2D eigenvalue weighted by atomic mass is 79.9. The zero-order valence-electron chi connectivity index (χ0n) is 9.29. The molecule has 0 radical (unpaired) electrons. The second kappa shape index (κ2) is 5.35. The number of hydrogen-bond donors (Lipinski definition) is 1. The van der Waals surface area contributed by atoms with Gasteiger partial charge in [-0.05, 0) is 24.3 Å². The first kappa shape index (κ1) is 12.8. The lowest BCUT2D eigenvalue weighted by atomic mass is 10.2. The number of benzene rings is 2. The van der Waals surface area contributed by atoms with Crippen LogP contribution in [-0.4, -0.2) is 0 Å². The standard InChI is InChI=1S/C13H10BrF2NO/c14-9-2-1-8(11(15)5-9)7-18-10-3-4-13(17)12(16)6-10/h1-6H,7,17H2. The fourth-order valence-electron chi connectivity index (χ4n) is 1.40. The predicted molar refractivity (Wildman–Crippen MR) is 69.2 cm³/mol. The summed E-state index contributed by atoms with van der Waals surface area (Å²) in [7, 11) is 0. The molecular weight excluding hydrogens is 304 g/mol. The number of nitrogen functional groups attached to an aromatic ring is 1. The van der Waals surface area contributed by atoms with Gasteiger partial charge in [-0.15, -0.1) is 0 Å². The van der Waals surface area contributed by atoms with E-state index < -0.39 is 5.82 Å². The van der Waals surface area contributed by atoms with Crippen molar-refractivity contribution >= 4 is 21.6 Å². The highest BCUT2D eigenvalue weighted by Gasteiger charge is 2.05. The Morgan fingerprint density at radius 1 is 1.06 bits per heavy atom.